The summed E-state index contributed by atoms with van der Waals surface area (Å²) in [5.74, 6) is -0.157. The van der Waals surface area contributed by atoms with E-state index in [1.165, 1.54) is 6.92 Å². The summed E-state index contributed by atoms with van der Waals surface area (Å²) >= 11 is 12.1. The fourth-order valence-corrected chi connectivity index (χ4v) is 3.73. The van der Waals surface area contributed by atoms with E-state index in [0.29, 0.717) is 5.56 Å². The van der Waals surface area contributed by atoms with Gasteiger partial charge in [-0.05, 0) is 33.6 Å². The molecule has 0 radical (unpaired) electrons. The largest absolute Gasteiger partial charge is 0.385 e. The minimum atomic E-state index is -3.63. The zero-order valence-corrected chi connectivity index (χ0v) is 13.6. The van der Waals surface area contributed by atoms with Gasteiger partial charge < -0.3 is 5.11 Å². The second-order valence-electron chi connectivity index (χ2n) is 3.42. The first kappa shape index (κ1) is 15.4. The van der Waals surface area contributed by atoms with Gasteiger partial charge in [-0.25, -0.2) is 8.42 Å². The minimum Gasteiger partial charge on any atom is -0.385 e. The highest BCUT2D eigenvalue weighted by atomic mass is 79.9. The summed E-state index contributed by atoms with van der Waals surface area (Å²) < 4.78 is 22.4. The maximum absolute atomic E-state index is 11.8. The number of rotatable bonds is 4. The van der Waals surface area contributed by atoms with Crippen molar-refractivity contribution in [3.63, 3.8) is 0 Å². The van der Waals surface area contributed by atoms with E-state index in [1.807, 2.05) is 0 Å². The SMILES string of the molecule is CCS(=O)(=O)C(Cl)(Br)C(O)c1ccc(Br)cc1. The summed E-state index contributed by atoms with van der Waals surface area (Å²) in [5.41, 5.74) is 0.428. The molecule has 2 atom stereocenters. The quantitative estimate of drug-likeness (QED) is 0.782. The normalized spacial score (nSPS) is 17.5. The van der Waals surface area contributed by atoms with Gasteiger partial charge in [0.25, 0.3) is 0 Å². The molecule has 0 aromatic heterocycles. The first-order chi connectivity index (χ1) is 7.72. The van der Waals surface area contributed by atoms with Crippen LogP contribution in [0.1, 0.15) is 18.6 Å². The van der Waals surface area contributed by atoms with Crippen LogP contribution in [0.4, 0.5) is 0 Å². The van der Waals surface area contributed by atoms with Crippen molar-refractivity contribution in [2.75, 3.05) is 5.75 Å². The Bertz CT molecular complexity index is 485. The lowest BCUT2D eigenvalue weighted by atomic mass is 10.1. The molecule has 0 saturated carbocycles. The van der Waals surface area contributed by atoms with Crippen molar-refractivity contribution in [1.82, 2.24) is 0 Å². The summed E-state index contributed by atoms with van der Waals surface area (Å²) in [4.78, 5) is 0. The van der Waals surface area contributed by atoms with Crippen LogP contribution in [0, 0.1) is 0 Å². The Balaban J connectivity index is 3.12. The highest BCUT2D eigenvalue weighted by molar-refractivity contribution is 9.12. The first-order valence-corrected chi connectivity index (χ1v) is 8.37. The van der Waals surface area contributed by atoms with Gasteiger partial charge in [-0.3, -0.25) is 0 Å². The second kappa shape index (κ2) is 5.57. The van der Waals surface area contributed by atoms with E-state index >= 15 is 0 Å². The van der Waals surface area contributed by atoms with Crippen LogP contribution in [0.3, 0.4) is 0 Å². The second-order valence-corrected chi connectivity index (χ2v) is 9.84. The van der Waals surface area contributed by atoms with E-state index in [-0.39, 0.29) is 5.75 Å². The third-order valence-corrected chi connectivity index (χ3v) is 7.47. The van der Waals surface area contributed by atoms with Gasteiger partial charge in [0, 0.05) is 4.47 Å². The van der Waals surface area contributed by atoms with Crippen molar-refractivity contribution < 1.29 is 13.5 Å². The standard InChI is InChI=1S/C10H11Br2ClO3S/c1-2-17(15,16)10(12,13)9(14)7-3-5-8(11)6-4-7/h3-6,9,14H,2H2,1H3. The van der Waals surface area contributed by atoms with Crippen molar-refractivity contribution >= 4 is 53.3 Å². The molecule has 1 rings (SSSR count). The maximum Gasteiger partial charge on any atom is 0.229 e. The van der Waals surface area contributed by atoms with Gasteiger partial charge in [0.1, 0.15) is 6.10 Å². The van der Waals surface area contributed by atoms with Crippen molar-refractivity contribution in [3.05, 3.63) is 34.3 Å². The topological polar surface area (TPSA) is 54.4 Å². The summed E-state index contributed by atoms with van der Waals surface area (Å²) in [5, 5.41) is 10.0. The van der Waals surface area contributed by atoms with Crippen molar-refractivity contribution in [1.29, 1.82) is 0 Å². The molecule has 0 fully saturated rings. The fourth-order valence-electron chi connectivity index (χ4n) is 1.20. The first-order valence-electron chi connectivity index (χ1n) is 4.76. The predicted molar refractivity (Wildman–Crippen MR) is 76.1 cm³/mol. The number of hydrogen-bond acceptors (Lipinski definition) is 3. The Morgan fingerprint density at radius 2 is 1.88 bits per heavy atom. The molecule has 1 aromatic rings. The summed E-state index contributed by atoms with van der Waals surface area (Å²) in [6.45, 7) is 1.47. The Morgan fingerprint density at radius 3 is 2.29 bits per heavy atom. The van der Waals surface area contributed by atoms with Gasteiger partial charge in [-0.1, -0.05) is 46.6 Å². The maximum atomic E-state index is 11.8. The molecule has 7 heteroatoms. The molecular formula is C10H11Br2ClO3S. The molecule has 0 aliphatic rings. The van der Waals surface area contributed by atoms with Gasteiger partial charge >= 0.3 is 0 Å². The lowest BCUT2D eigenvalue weighted by molar-refractivity contribution is 0.185. The van der Waals surface area contributed by atoms with Crippen molar-refractivity contribution in [2.45, 2.75) is 16.1 Å². The molecule has 0 spiro atoms. The van der Waals surface area contributed by atoms with Gasteiger partial charge in [0.15, 0.2) is 9.84 Å². The molecule has 96 valence electrons. The van der Waals surface area contributed by atoms with Gasteiger partial charge in [0.2, 0.25) is 3.12 Å². The van der Waals surface area contributed by atoms with E-state index in [4.69, 9.17) is 11.6 Å². The summed E-state index contributed by atoms with van der Waals surface area (Å²) in [7, 11) is -3.63. The number of sulfone groups is 1. The van der Waals surface area contributed by atoms with Crippen LogP contribution in [0.2, 0.25) is 0 Å². The fraction of sp³-hybridized carbons (Fsp3) is 0.400. The average molecular weight is 407 g/mol. The van der Waals surface area contributed by atoms with Crippen LogP contribution in [0.15, 0.2) is 28.7 Å². The van der Waals surface area contributed by atoms with Crippen LogP contribution in [0.5, 0.6) is 0 Å². The van der Waals surface area contributed by atoms with Crippen LogP contribution >= 0.6 is 43.5 Å². The Labute approximate surface area is 122 Å². The molecule has 0 aliphatic heterocycles. The highest BCUT2D eigenvalue weighted by Crippen LogP contribution is 2.43. The smallest absolute Gasteiger partial charge is 0.229 e. The lowest BCUT2D eigenvalue weighted by Crippen LogP contribution is -2.34. The van der Waals surface area contributed by atoms with Crippen LogP contribution < -0.4 is 0 Å². The minimum absolute atomic E-state index is 0.157. The van der Waals surface area contributed by atoms with E-state index < -0.39 is 19.1 Å². The molecular weight excluding hydrogens is 395 g/mol. The number of halogens is 3. The molecule has 2 unspecified atom stereocenters. The molecule has 17 heavy (non-hydrogen) atoms. The monoisotopic (exact) mass is 404 g/mol. The summed E-state index contributed by atoms with van der Waals surface area (Å²) in [6, 6.07) is 6.63. The molecule has 1 N–H and O–H groups in total. The van der Waals surface area contributed by atoms with Gasteiger partial charge in [-0.15, -0.1) is 0 Å². The molecule has 3 nitrogen and oxygen atoms in total. The molecule has 0 heterocycles. The van der Waals surface area contributed by atoms with Crippen LogP contribution in [0.25, 0.3) is 0 Å². The molecule has 0 amide bonds. The number of aliphatic hydroxyl groups is 1. The Kier molecular flexibility index (Phi) is 5.06. The highest BCUT2D eigenvalue weighted by Gasteiger charge is 2.45. The molecule has 0 bridgehead atoms. The molecule has 0 saturated heterocycles. The third kappa shape index (κ3) is 3.23. The van der Waals surface area contributed by atoms with E-state index in [0.717, 1.165) is 4.47 Å². The number of benzene rings is 1. The van der Waals surface area contributed by atoms with Gasteiger partial charge in [0.05, 0.1) is 5.75 Å². The van der Waals surface area contributed by atoms with Gasteiger partial charge in [-0.2, -0.15) is 0 Å². The number of aliphatic hydroxyl groups excluding tert-OH is 1. The Hall–Kier alpha value is 0.380. The zero-order valence-electron chi connectivity index (χ0n) is 8.90. The molecule has 0 aliphatic carbocycles. The lowest BCUT2D eigenvalue weighted by Gasteiger charge is -2.25. The average Bonchev–Trinajstić information content (AvgIpc) is 2.28. The Morgan fingerprint density at radius 1 is 1.41 bits per heavy atom. The summed E-state index contributed by atoms with van der Waals surface area (Å²) in [6.07, 6.45) is -1.35. The van der Waals surface area contributed by atoms with E-state index in [1.54, 1.807) is 24.3 Å². The van der Waals surface area contributed by atoms with E-state index in [9.17, 15) is 13.5 Å². The van der Waals surface area contributed by atoms with Crippen LogP contribution in [-0.4, -0.2) is 22.4 Å². The number of alkyl halides is 2. The molecule has 1 aromatic carbocycles. The zero-order chi connectivity index (χ0) is 13.3. The third-order valence-electron chi connectivity index (χ3n) is 2.30. The van der Waals surface area contributed by atoms with Crippen molar-refractivity contribution in [3.8, 4) is 0 Å². The van der Waals surface area contributed by atoms with E-state index in [2.05, 4.69) is 31.9 Å². The van der Waals surface area contributed by atoms with Crippen LogP contribution in [-0.2, 0) is 9.84 Å². The predicted octanol–water partition coefficient (Wildman–Crippen LogP) is 3.20. The number of hydrogen-bond donors (Lipinski definition) is 1. The van der Waals surface area contributed by atoms with Crippen molar-refractivity contribution in [2.24, 2.45) is 0 Å².